The molecule has 0 unspecified atom stereocenters. The Balaban J connectivity index is 1.27. The third kappa shape index (κ3) is 6.78. The predicted molar refractivity (Wildman–Crippen MR) is 136 cm³/mol. The number of benzene rings is 3. The van der Waals surface area contributed by atoms with E-state index in [4.69, 9.17) is 16.3 Å². The first-order chi connectivity index (χ1) is 16.1. The van der Waals surface area contributed by atoms with Gasteiger partial charge in [0.1, 0.15) is 0 Å². The van der Waals surface area contributed by atoms with Crippen LogP contribution in [0.5, 0.6) is 0 Å². The fraction of sp³-hybridized carbons (Fsp3) is 0.250. The molecule has 170 valence electrons. The number of amides is 1. The van der Waals surface area contributed by atoms with Gasteiger partial charge in [0.2, 0.25) is 5.91 Å². The fourth-order valence-electron chi connectivity index (χ4n) is 4.04. The van der Waals surface area contributed by atoms with Crippen molar-refractivity contribution in [1.82, 2.24) is 4.90 Å². The van der Waals surface area contributed by atoms with Gasteiger partial charge >= 0.3 is 0 Å². The number of halogens is 1. The number of hydrogen-bond donors (Lipinski definition) is 1. The summed E-state index contributed by atoms with van der Waals surface area (Å²) >= 11 is 5.95. The number of ether oxygens (including phenoxy) is 1. The lowest BCUT2D eigenvalue weighted by Gasteiger charge is -2.31. The molecule has 1 fully saturated rings. The lowest BCUT2D eigenvalue weighted by atomic mass is 10.1. The zero-order chi connectivity index (χ0) is 23.0. The Labute approximate surface area is 200 Å². The van der Waals surface area contributed by atoms with Crippen LogP contribution in [0.15, 0.2) is 78.9 Å². The minimum atomic E-state index is -0.153. The molecule has 5 heteroatoms. The molecule has 0 spiro atoms. The molecular formula is C28H29ClN2O2. The number of methoxy groups -OCH3 is 1. The Morgan fingerprint density at radius 1 is 0.970 bits per heavy atom. The van der Waals surface area contributed by atoms with Crippen LogP contribution in [0.3, 0.4) is 0 Å². The lowest BCUT2D eigenvalue weighted by Crippen LogP contribution is -2.36. The van der Waals surface area contributed by atoms with Gasteiger partial charge in [0.15, 0.2) is 0 Å². The first-order valence-corrected chi connectivity index (χ1v) is 11.7. The minimum absolute atomic E-state index is 0.153. The summed E-state index contributed by atoms with van der Waals surface area (Å²) in [5, 5.41) is 3.62. The van der Waals surface area contributed by atoms with E-state index in [1.807, 2.05) is 54.6 Å². The molecule has 0 atom stereocenters. The van der Waals surface area contributed by atoms with E-state index in [1.54, 1.807) is 13.2 Å². The van der Waals surface area contributed by atoms with Crippen molar-refractivity contribution >= 4 is 29.3 Å². The highest BCUT2D eigenvalue weighted by atomic mass is 35.5. The number of nitrogens with zero attached hydrogens (tertiary/aromatic N) is 1. The molecule has 4 nitrogen and oxygen atoms in total. The number of nitrogens with one attached hydrogen (secondary N) is 1. The van der Waals surface area contributed by atoms with Crippen molar-refractivity contribution in [3.05, 3.63) is 95.0 Å². The Hall–Kier alpha value is -2.92. The average Bonchev–Trinajstić information content (AvgIpc) is 2.85. The van der Waals surface area contributed by atoms with Crippen LogP contribution in [0, 0.1) is 0 Å². The van der Waals surface area contributed by atoms with Crippen molar-refractivity contribution in [3.8, 4) is 11.1 Å². The minimum Gasteiger partial charge on any atom is -0.381 e. The first kappa shape index (κ1) is 23.2. The number of likely N-dealkylation sites (tertiary alicyclic amines) is 1. The van der Waals surface area contributed by atoms with E-state index in [0.717, 1.165) is 54.9 Å². The zero-order valence-electron chi connectivity index (χ0n) is 18.8. The molecule has 0 aromatic heterocycles. The largest absolute Gasteiger partial charge is 0.381 e. The second-order valence-electron chi connectivity index (χ2n) is 8.36. The van der Waals surface area contributed by atoms with E-state index in [2.05, 4.69) is 34.5 Å². The van der Waals surface area contributed by atoms with Crippen molar-refractivity contribution in [2.45, 2.75) is 25.5 Å². The van der Waals surface area contributed by atoms with Crippen LogP contribution in [0.1, 0.15) is 24.0 Å². The van der Waals surface area contributed by atoms with E-state index in [9.17, 15) is 4.79 Å². The fourth-order valence-corrected chi connectivity index (χ4v) is 4.17. The summed E-state index contributed by atoms with van der Waals surface area (Å²) in [5.74, 6) is -0.153. The van der Waals surface area contributed by atoms with Crippen LogP contribution in [0.25, 0.3) is 17.2 Å². The third-order valence-corrected chi connectivity index (χ3v) is 6.26. The van der Waals surface area contributed by atoms with Gasteiger partial charge < -0.3 is 10.1 Å². The molecule has 1 aliphatic rings. The molecule has 0 aliphatic carbocycles. The number of rotatable bonds is 7. The van der Waals surface area contributed by atoms with E-state index >= 15 is 0 Å². The number of carbonyl (C=O) groups excluding carboxylic acids is 1. The summed E-state index contributed by atoms with van der Waals surface area (Å²) in [4.78, 5) is 14.8. The van der Waals surface area contributed by atoms with Gasteiger partial charge in [-0.2, -0.15) is 0 Å². The molecule has 1 N–H and O–H groups in total. The van der Waals surface area contributed by atoms with Gasteiger partial charge in [-0.05, 0) is 65.4 Å². The highest BCUT2D eigenvalue weighted by Gasteiger charge is 2.18. The van der Waals surface area contributed by atoms with Crippen LogP contribution >= 0.6 is 11.6 Å². The summed E-state index contributed by atoms with van der Waals surface area (Å²) in [6.45, 7) is 3.09. The Bertz CT molecular complexity index is 1070. The van der Waals surface area contributed by atoms with Gasteiger partial charge in [-0.3, -0.25) is 9.69 Å². The maximum Gasteiger partial charge on any atom is 0.248 e. The van der Waals surface area contributed by atoms with Crippen molar-refractivity contribution in [2.75, 3.05) is 25.5 Å². The van der Waals surface area contributed by atoms with E-state index in [-0.39, 0.29) is 5.91 Å². The van der Waals surface area contributed by atoms with Crippen LogP contribution in [0.2, 0.25) is 5.02 Å². The summed E-state index contributed by atoms with van der Waals surface area (Å²) in [7, 11) is 1.80. The molecule has 0 radical (unpaired) electrons. The maximum atomic E-state index is 12.3. The van der Waals surface area contributed by atoms with Crippen LogP contribution < -0.4 is 5.32 Å². The highest BCUT2D eigenvalue weighted by Crippen LogP contribution is 2.23. The molecule has 3 aromatic carbocycles. The Morgan fingerprint density at radius 2 is 1.58 bits per heavy atom. The first-order valence-electron chi connectivity index (χ1n) is 11.3. The van der Waals surface area contributed by atoms with Gasteiger partial charge in [-0.1, -0.05) is 60.1 Å². The Morgan fingerprint density at radius 3 is 2.18 bits per heavy atom. The normalized spacial score (nSPS) is 15.1. The highest BCUT2D eigenvalue weighted by molar-refractivity contribution is 6.30. The molecule has 33 heavy (non-hydrogen) atoms. The van der Waals surface area contributed by atoms with Crippen molar-refractivity contribution in [2.24, 2.45) is 0 Å². The van der Waals surface area contributed by atoms with Crippen molar-refractivity contribution in [1.29, 1.82) is 0 Å². The van der Waals surface area contributed by atoms with E-state index in [1.165, 1.54) is 5.56 Å². The number of piperidine rings is 1. The molecule has 1 amide bonds. The number of hydrogen-bond acceptors (Lipinski definition) is 3. The number of carbonyl (C=O) groups is 1. The standard InChI is InChI=1S/C28H29ClN2O2/c1-33-27-16-18-31(19-17-27)20-22-4-2-21(3-5-22)6-15-28(32)30-26-13-9-24(10-14-26)23-7-11-25(29)12-8-23/h2-15,27H,16-20H2,1H3,(H,30,32)/b15-6+. The zero-order valence-corrected chi connectivity index (χ0v) is 19.6. The van der Waals surface area contributed by atoms with Crippen molar-refractivity contribution in [3.63, 3.8) is 0 Å². The smallest absolute Gasteiger partial charge is 0.248 e. The second-order valence-corrected chi connectivity index (χ2v) is 8.80. The SMILES string of the molecule is COC1CCN(Cc2ccc(/C=C/C(=O)Nc3ccc(-c4ccc(Cl)cc4)cc3)cc2)CC1. The average molecular weight is 461 g/mol. The molecule has 1 heterocycles. The van der Waals surface area contributed by atoms with Gasteiger partial charge in [-0.25, -0.2) is 0 Å². The molecule has 0 bridgehead atoms. The molecule has 0 saturated carbocycles. The van der Waals surface area contributed by atoms with Gasteiger partial charge in [0, 0.05) is 43.5 Å². The molecule has 3 aromatic rings. The Kier molecular flexibility index (Phi) is 7.95. The van der Waals surface area contributed by atoms with Gasteiger partial charge in [-0.15, -0.1) is 0 Å². The van der Waals surface area contributed by atoms with Gasteiger partial charge in [0.25, 0.3) is 0 Å². The molecular weight excluding hydrogens is 432 g/mol. The molecule has 1 aliphatic heterocycles. The summed E-state index contributed by atoms with van der Waals surface area (Å²) in [6.07, 6.45) is 6.00. The van der Waals surface area contributed by atoms with Crippen LogP contribution in [-0.4, -0.2) is 37.1 Å². The topological polar surface area (TPSA) is 41.6 Å². The van der Waals surface area contributed by atoms with Crippen LogP contribution in [-0.2, 0) is 16.1 Å². The number of anilines is 1. The van der Waals surface area contributed by atoms with Gasteiger partial charge in [0.05, 0.1) is 6.10 Å². The van der Waals surface area contributed by atoms with E-state index < -0.39 is 0 Å². The van der Waals surface area contributed by atoms with Crippen LogP contribution in [0.4, 0.5) is 5.69 Å². The predicted octanol–water partition coefficient (Wildman–Crippen LogP) is 6.27. The molecule has 4 rings (SSSR count). The summed E-state index contributed by atoms with van der Waals surface area (Å²) < 4.78 is 5.45. The molecule has 1 saturated heterocycles. The lowest BCUT2D eigenvalue weighted by molar-refractivity contribution is -0.111. The summed E-state index contributed by atoms with van der Waals surface area (Å²) in [5.41, 5.74) is 5.21. The monoisotopic (exact) mass is 460 g/mol. The summed E-state index contributed by atoms with van der Waals surface area (Å²) in [6, 6.07) is 23.9. The maximum absolute atomic E-state index is 12.3. The second kappa shape index (κ2) is 11.3. The third-order valence-electron chi connectivity index (χ3n) is 6.01. The van der Waals surface area contributed by atoms with Crippen molar-refractivity contribution < 1.29 is 9.53 Å². The quantitative estimate of drug-likeness (QED) is 0.422. The van der Waals surface area contributed by atoms with E-state index in [0.29, 0.717) is 11.1 Å².